The van der Waals surface area contributed by atoms with E-state index >= 15 is 0 Å². The van der Waals surface area contributed by atoms with Gasteiger partial charge in [-0.3, -0.25) is 4.79 Å². The number of hydrogen-bond donors (Lipinski definition) is 2. The van der Waals surface area contributed by atoms with Crippen LogP contribution < -0.4 is 5.32 Å². The molecule has 3 aromatic carbocycles. The number of halogens is 1. The molecule has 39 heavy (non-hydrogen) atoms. The van der Waals surface area contributed by atoms with Crippen molar-refractivity contribution in [3.63, 3.8) is 0 Å². The fraction of sp³-hybridized carbons (Fsp3) is 0.172. The van der Waals surface area contributed by atoms with E-state index in [-0.39, 0.29) is 30.4 Å². The van der Waals surface area contributed by atoms with Crippen LogP contribution in [-0.4, -0.2) is 53.9 Å². The predicted octanol–water partition coefficient (Wildman–Crippen LogP) is 5.41. The number of carbonyl (C=O) groups excluding carboxylic acids is 2. The summed E-state index contributed by atoms with van der Waals surface area (Å²) in [4.78, 5) is 27.6. The van der Waals surface area contributed by atoms with Gasteiger partial charge in [-0.2, -0.15) is 0 Å². The van der Waals surface area contributed by atoms with Crippen molar-refractivity contribution >= 4 is 47.0 Å². The topological polar surface area (TPSA) is 104 Å². The smallest absolute Gasteiger partial charge is 0.362 e. The third-order valence-corrected chi connectivity index (χ3v) is 6.20. The van der Waals surface area contributed by atoms with Crippen LogP contribution in [-0.2, 0) is 19.9 Å². The molecule has 1 heterocycles. The third-order valence-electron chi connectivity index (χ3n) is 5.44. The van der Waals surface area contributed by atoms with Crippen LogP contribution in [0.15, 0.2) is 102 Å². The molecule has 204 valence electrons. The van der Waals surface area contributed by atoms with Crippen molar-refractivity contribution in [1.29, 1.82) is 0 Å². The third kappa shape index (κ3) is 7.66. The second-order valence-corrected chi connectivity index (χ2v) is 9.11. The summed E-state index contributed by atoms with van der Waals surface area (Å²) >= 11 is 1.32. The monoisotopic (exact) mass is 566 g/mol. The zero-order chi connectivity index (χ0) is 27.4. The van der Waals surface area contributed by atoms with Crippen LogP contribution in [0.4, 0.5) is 5.13 Å². The Labute approximate surface area is 238 Å². The largest absolute Gasteiger partial charge is 0.461 e. The predicted molar refractivity (Wildman–Crippen MR) is 157 cm³/mol. The highest BCUT2D eigenvalue weighted by Gasteiger charge is 2.37. The minimum atomic E-state index is -0.751. The Morgan fingerprint density at radius 2 is 1.41 bits per heavy atom. The average molecular weight is 567 g/mol. The van der Waals surface area contributed by atoms with Crippen molar-refractivity contribution in [2.24, 2.45) is 5.16 Å². The Balaban J connectivity index is 0.000000816. The second kappa shape index (κ2) is 15.3. The summed E-state index contributed by atoms with van der Waals surface area (Å²) in [6.45, 7) is 1.86. The summed E-state index contributed by atoms with van der Waals surface area (Å²) in [5, 5.41) is 18.4. The summed E-state index contributed by atoms with van der Waals surface area (Å²) < 4.78 is 4.98. The van der Waals surface area contributed by atoms with E-state index in [2.05, 4.69) is 51.9 Å². The number of hydrogen-bond acceptors (Lipinski definition) is 8. The molecule has 8 nitrogen and oxygen atoms in total. The minimum Gasteiger partial charge on any atom is -0.461 e. The summed E-state index contributed by atoms with van der Waals surface area (Å²) in [6, 6.07) is 30.4. The lowest BCUT2D eigenvalue weighted by atomic mass is 9.77. The molecule has 0 atom stereocenters. The van der Waals surface area contributed by atoms with Crippen LogP contribution in [0, 0.1) is 0 Å². The van der Waals surface area contributed by atoms with Crippen molar-refractivity contribution in [1.82, 2.24) is 9.88 Å². The van der Waals surface area contributed by atoms with E-state index in [1.807, 2.05) is 54.6 Å². The molecule has 0 fully saturated rings. The van der Waals surface area contributed by atoms with Crippen molar-refractivity contribution in [3.8, 4) is 0 Å². The van der Waals surface area contributed by atoms with Gasteiger partial charge in [-0.15, -0.1) is 23.7 Å². The number of carbonyl (C=O) groups is 2. The van der Waals surface area contributed by atoms with Gasteiger partial charge in [0, 0.05) is 19.5 Å². The highest BCUT2D eigenvalue weighted by atomic mass is 35.5. The van der Waals surface area contributed by atoms with E-state index < -0.39 is 11.5 Å². The summed E-state index contributed by atoms with van der Waals surface area (Å²) in [6.07, 6.45) is 0.750. The number of benzene rings is 3. The second-order valence-electron chi connectivity index (χ2n) is 8.25. The number of nitrogens with zero attached hydrogens (tertiary/aromatic N) is 3. The number of rotatable bonds is 9. The van der Waals surface area contributed by atoms with Gasteiger partial charge in [0.25, 0.3) is 0 Å². The molecule has 0 spiro atoms. The fourth-order valence-corrected chi connectivity index (χ4v) is 4.53. The van der Waals surface area contributed by atoms with E-state index in [9.17, 15) is 14.8 Å². The first-order chi connectivity index (χ1) is 18.5. The van der Waals surface area contributed by atoms with Crippen LogP contribution >= 0.6 is 23.7 Å². The van der Waals surface area contributed by atoms with Gasteiger partial charge in [0.05, 0.1) is 6.61 Å². The van der Waals surface area contributed by atoms with Crippen LogP contribution in [0.3, 0.4) is 0 Å². The number of ether oxygens (including phenoxy) is 1. The number of nitrogens with one attached hydrogen (secondary N) is 1. The van der Waals surface area contributed by atoms with E-state index in [1.165, 1.54) is 16.2 Å². The van der Waals surface area contributed by atoms with Gasteiger partial charge in [0.15, 0.2) is 5.13 Å². The van der Waals surface area contributed by atoms with E-state index in [1.54, 1.807) is 26.4 Å². The van der Waals surface area contributed by atoms with Crippen molar-refractivity contribution in [2.75, 3.05) is 26.0 Å². The quantitative estimate of drug-likeness (QED) is 0.0700. The summed E-state index contributed by atoms with van der Waals surface area (Å²) in [5.41, 5.74) is 2.35. The number of oxime groups is 1. The summed E-state index contributed by atoms with van der Waals surface area (Å²) in [7, 11) is 3.38. The van der Waals surface area contributed by atoms with E-state index in [0.29, 0.717) is 5.13 Å². The van der Waals surface area contributed by atoms with Crippen LogP contribution in [0.1, 0.15) is 29.3 Å². The molecule has 1 amide bonds. The number of thiazole rings is 1. The van der Waals surface area contributed by atoms with E-state index in [4.69, 9.17) is 4.74 Å². The summed E-state index contributed by atoms with van der Waals surface area (Å²) in [5.74, 6) is -0.725. The van der Waals surface area contributed by atoms with Gasteiger partial charge < -0.3 is 20.2 Å². The Morgan fingerprint density at radius 1 is 0.974 bits per heavy atom. The van der Waals surface area contributed by atoms with Gasteiger partial charge in [-0.25, -0.2) is 9.78 Å². The highest BCUT2D eigenvalue weighted by Crippen LogP contribution is 2.40. The first-order valence-electron chi connectivity index (χ1n) is 11.9. The molecule has 4 aromatic rings. The molecule has 0 aliphatic carbocycles. The van der Waals surface area contributed by atoms with E-state index in [0.717, 1.165) is 23.1 Å². The maximum Gasteiger partial charge on any atom is 0.362 e. The lowest BCUT2D eigenvalue weighted by molar-refractivity contribution is -0.135. The maximum atomic E-state index is 12.2. The molecular weight excluding hydrogens is 536 g/mol. The molecule has 2 N–H and O–H groups in total. The highest BCUT2D eigenvalue weighted by molar-refractivity contribution is 7.14. The first-order valence-corrected chi connectivity index (χ1v) is 12.8. The molecule has 10 heteroatoms. The van der Waals surface area contributed by atoms with Crippen molar-refractivity contribution in [2.45, 2.75) is 12.5 Å². The molecule has 1 aromatic heterocycles. The lowest BCUT2D eigenvalue weighted by Gasteiger charge is -2.36. The standard InChI is InChI=1S/C26H23N3O3S.C3H7NO.ClH/c1-2-32-24(30)23(29-31)22-18-33-25(27-22)28-26(19-12-6-3-7-13-19,20-14-8-4-9-15-20)21-16-10-5-11-17-21;1-4(2)3-5;/h3-18,31H,2H2,1H3,(H,27,28);3H,1-2H3;1H/b29-23-;;. The zero-order valence-corrected chi connectivity index (χ0v) is 23.5. The number of amides is 1. The SMILES string of the molecule is CCOC(=O)/C(=N\O)c1csc(NC(c2ccccc2)(c2ccccc2)c2ccccc2)n1.CN(C)C=O.Cl. The molecule has 0 radical (unpaired) electrons. The Bertz CT molecular complexity index is 1240. The Morgan fingerprint density at radius 3 is 1.77 bits per heavy atom. The molecule has 4 rings (SSSR count). The Hall–Kier alpha value is -4.21. The molecule has 0 aliphatic rings. The normalized spacial score (nSPS) is 10.8. The fourth-order valence-electron chi connectivity index (χ4n) is 3.78. The van der Waals surface area contributed by atoms with Crippen LogP contribution in [0.25, 0.3) is 0 Å². The van der Waals surface area contributed by atoms with Crippen molar-refractivity contribution < 1.29 is 19.5 Å². The maximum absolute atomic E-state index is 12.2. The number of esters is 1. The molecule has 0 bridgehead atoms. The Kier molecular flexibility index (Phi) is 12.1. The molecular formula is C29H31ClN4O4S. The van der Waals surface area contributed by atoms with Gasteiger partial charge >= 0.3 is 5.97 Å². The molecule has 0 saturated heterocycles. The first kappa shape index (κ1) is 31.0. The van der Waals surface area contributed by atoms with Gasteiger partial charge in [0.2, 0.25) is 12.1 Å². The van der Waals surface area contributed by atoms with Crippen LogP contribution in [0.5, 0.6) is 0 Å². The van der Waals surface area contributed by atoms with Gasteiger partial charge in [0.1, 0.15) is 11.2 Å². The van der Waals surface area contributed by atoms with Gasteiger partial charge in [-0.1, -0.05) is 96.2 Å². The zero-order valence-electron chi connectivity index (χ0n) is 21.9. The molecule has 0 unspecified atom stereocenters. The number of aromatic nitrogens is 1. The van der Waals surface area contributed by atoms with Gasteiger partial charge in [-0.05, 0) is 23.6 Å². The molecule has 0 saturated carbocycles. The average Bonchev–Trinajstić information content (AvgIpc) is 3.42. The number of anilines is 1. The minimum absolute atomic E-state index is 0. The van der Waals surface area contributed by atoms with Crippen LogP contribution in [0.2, 0.25) is 0 Å². The molecule has 0 aliphatic heterocycles. The van der Waals surface area contributed by atoms with Crippen molar-refractivity contribution in [3.05, 3.63) is 119 Å². The lowest BCUT2D eigenvalue weighted by Crippen LogP contribution is -2.38.